The van der Waals surface area contributed by atoms with Gasteiger partial charge in [0, 0.05) is 26.2 Å². The lowest BCUT2D eigenvalue weighted by Crippen LogP contribution is -2.51. The van der Waals surface area contributed by atoms with Crippen molar-refractivity contribution in [1.82, 2.24) is 9.21 Å². The van der Waals surface area contributed by atoms with Crippen molar-refractivity contribution in [3.63, 3.8) is 0 Å². The smallest absolute Gasteiger partial charge is 0.260 e. The summed E-state index contributed by atoms with van der Waals surface area (Å²) in [5, 5.41) is 0.197. The Morgan fingerprint density at radius 2 is 1.64 bits per heavy atom. The summed E-state index contributed by atoms with van der Waals surface area (Å²) in [6.45, 7) is 4.96. The van der Waals surface area contributed by atoms with E-state index in [9.17, 15) is 13.2 Å². The second-order valence-corrected chi connectivity index (χ2v) is 9.14. The van der Waals surface area contributed by atoms with Crippen LogP contribution in [0.2, 0.25) is 5.02 Å². The number of rotatable bonds is 5. The molecule has 0 aliphatic carbocycles. The normalized spacial score (nSPS) is 15.5. The summed E-state index contributed by atoms with van der Waals surface area (Å²) in [4.78, 5) is 14.2. The average Bonchev–Trinajstić information content (AvgIpc) is 2.65. The fourth-order valence-corrected chi connectivity index (χ4v) is 5.14. The highest BCUT2D eigenvalue weighted by Gasteiger charge is 2.31. The highest BCUT2D eigenvalue weighted by atomic mass is 35.5. The first-order chi connectivity index (χ1) is 13.3. The van der Waals surface area contributed by atoms with E-state index in [2.05, 4.69) is 0 Å². The minimum Gasteiger partial charge on any atom is -0.484 e. The summed E-state index contributed by atoms with van der Waals surface area (Å²) in [5.41, 5.74) is 2.14. The van der Waals surface area contributed by atoms with Gasteiger partial charge in [0.2, 0.25) is 10.0 Å². The van der Waals surface area contributed by atoms with E-state index in [0.29, 0.717) is 18.8 Å². The van der Waals surface area contributed by atoms with Crippen molar-refractivity contribution in [2.45, 2.75) is 18.7 Å². The maximum atomic E-state index is 12.8. The van der Waals surface area contributed by atoms with Gasteiger partial charge >= 0.3 is 0 Å². The van der Waals surface area contributed by atoms with Gasteiger partial charge in [0.1, 0.15) is 10.6 Å². The molecule has 2 aromatic rings. The molecule has 0 spiro atoms. The van der Waals surface area contributed by atoms with E-state index in [1.165, 1.54) is 10.4 Å². The van der Waals surface area contributed by atoms with E-state index < -0.39 is 10.0 Å². The van der Waals surface area contributed by atoms with Gasteiger partial charge < -0.3 is 9.64 Å². The average molecular weight is 423 g/mol. The van der Waals surface area contributed by atoms with Crippen molar-refractivity contribution in [2.75, 3.05) is 32.8 Å². The maximum absolute atomic E-state index is 12.8. The highest BCUT2D eigenvalue weighted by molar-refractivity contribution is 7.89. The molecule has 1 amide bonds. The van der Waals surface area contributed by atoms with Gasteiger partial charge in [-0.25, -0.2) is 8.42 Å². The van der Waals surface area contributed by atoms with Crippen LogP contribution in [0.3, 0.4) is 0 Å². The maximum Gasteiger partial charge on any atom is 0.260 e. The molecule has 1 fully saturated rings. The van der Waals surface area contributed by atoms with Crippen molar-refractivity contribution in [3.8, 4) is 5.75 Å². The zero-order valence-corrected chi connectivity index (χ0v) is 17.5. The van der Waals surface area contributed by atoms with Crippen molar-refractivity contribution in [3.05, 3.63) is 58.6 Å². The molecule has 0 bridgehead atoms. The molecule has 0 atom stereocenters. The third-order valence-electron chi connectivity index (χ3n) is 4.60. The first kappa shape index (κ1) is 20.6. The number of ether oxygens (including phenoxy) is 1. The SMILES string of the molecule is Cc1cc(C)cc(OCC(=O)N2CCN(S(=O)(=O)c3ccccc3Cl)CC2)c1. The Balaban J connectivity index is 1.57. The van der Waals surface area contributed by atoms with E-state index in [1.54, 1.807) is 23.1 Å². The molecule has 1 aliphatic heterocycles. The van der Waals surface area contributed by atoms with E-state index in [4.69, 9.17) is 16.3 Å². The van der Waals surface area contributed by atoms with Crippen LogP contribution in [0.5, 0.6) is 5.75 Å². The van der Waals surface area contributed by atoms with Crippen LogP contribution in [0.15, 0.2) is 47.4 Å². The Kier molecular flexibility index (Phi) is 6.27. The number of benzene rings is 2. The van der Waals surface area contributed by atoms with Crippen LogP contribution in [0, 0.1) is 13.8 Å². The summed E-state index contributed by atoms with van der Waals surface area (Å²) in [5.74, 6) is 0.500. The van der Waals surface area contributed by atoms with Crippen LogP contribution in [0.1, 0.15) is 11.1 Å². The van der Waals surface area contributed by atoms with Gasteiger partial charge in [0.05, 0.1) is 5.02 Å². The Labute approximate surface area is 170 Å². The van der Waals surface area contributed by atoms with Crippen LogP contribution in [0.4, 0.5) is 0 Å². The predicted molar refractivity (Wildman–Crippen MR) is 108 cm³/mol. The Hall–Kier alpha value is -2.09. The molecular weight excluding hydrogens is 400 g/mol. The minimum absolute atomic E-state index is 0.0693. The molecule has 1 aliphatic rings. The number of halogens is 1. The van der Waals surface area contributed by atoms with Gasteiger partial charge in [-0.1, -0.05) is 29.8 Å². The zero-order chi connectivity index (χ0) is 20.3. The quantitative estimate of drug-likeness (QED) is 0.743. The van der Waals surface area contributed by atoms with Crippen molar-refractivity contribution < 1.29 is 17.9 Å². The Morgan fingerprint density at radius 3 is 2.25 bits per heavy atom. The Bertz CT molecular complexity index is 950. The summed E-state index contributed by atoms with van der Waals surface area (Å²) >= 11 is 6.04. The third kappa shape index (κ3) is 4.66. The highest BCUT2D eigenvalue weighted by Crippen LogP contribution is 2.25. The van der Waals surface area contributed by atoms with Gasteiger partial charge in [-0.2, -0.15) is 4.31 Å². The van der Waals surface area contributed by atoms with E-state index in [0.717, 1.165) is 11.1 Å². The minimum atomic E-state index is -3.67. The third-order valence-corrected chi connectivity index (χ3v) is 7.00. The van der Waals surface area contributed by atoms with Crippen LogP contribution >= 0.6 is 11.6 Å². The number of carbonyl (C=O) groups is 1. The molecule has 0 unspecified atom stereocenters. The van der Waals surface area contributed by atoms with Gasteiger partial charge in [0.15, 0.2) is 6.61 Å². The summed E-state index contributed by atoms with van der Waals surface area (Å²) in [7, 11) is -3.67. The monoisotopic (exact) mass is 422 g/mol. The fourth-order valence-electron chi connectivity index (χ4n) is 3.22. The van der Waals surface area contributed by atoms with Crippen LogP contribution in [-0.2, 0) is 14.8 Å². The number of hydrogen-bond donors (Lipinski definition) is 0. The molecule has 150 valence electrons. The Morgan fingerprint density at radius 1 is 1.04 bits per heavy atom. The van der Waals surface area contributed by atoms with E-state index in [-0.39, 0.29) is 35.5 Å². The first-order valence-electron chi connectivity index (χ1n) is 9.01. The zero-order valence-electron chi connectivity index (χ0n) is 15.9. The molecule has 0 aromatic heterocycles. The second kappa shape index (κ2) is 8.51. The molecule has 0 N–H and O–H groups in total. The number of nitrogens with zero attached hydrogens (tertiary/aromatic N) is 2. The number of piperazine rings is 1. The summed E-state index contributed by atoms with van der Waals surface area (Å²) in [6.07, 6.45) is 0. The molecule has 2 aromatic carbocycles. The molecule has 3 rings (SSSR count). The van der Waals surface area contributed by atoms with E-state index in [1.807, 2.05) is 32.0 Å². The van der Waals surface area contributed by atoms with E-state index >= 15 is 0 Å². The molecule has 8 heteroatoms. The van der Waals surface area contributed by atoms with Gasteiger partial charge in [-0.3, -0.25) is 4.79 Å². The molecular formula is C20H23ClN2O4S. The van der Waals surface area contributed by atoms with Gasteiger partial charge in [-0.05, 0) is 49.2 Å². The van der Waals surface area contributed by atoms with Gasteiger partial charge in [0.25, 0.3) is 5.91 Å². The number of sulfonamides is 1. The summed E-state index contributed by atoms with van der Waals surface area (Å²) < 4.78 is 32.5. The molecule has 6 nitrogen and oxygen atoms in total. The molecule has 1 saturated heterocycles. The van der Waals surface area contributed by atoms with Crippen LogP contribution < -0.4 is 4.74 Å². The largest absolute Gasteiger partial charge is 0.484 e. The summed E-state index contributed by atoms with van der Waals surface area (Å²) in [6, 6.07) is 12.2. The first-order valence-corrected chi connectivity index (χ1v) is 10.8. The topological polar surface area (TPSA) is 66.9 Å². The lowest BCUT2D eigenvalue weighted by molar-refractivity contribution is -0.134. The molecule has 28 heavy (non-hydrogen) atoms. The lowest BCUT2D eigenvalue weighted by atomic mass is 10.1. The molecule has 0 saturated carbocycles. The second-order valence-electron chi connectivity index (χ2n) is 6.83. The van der Waals surface area contributed by atoms with Crippen LogP contribution in [-0.4, -0.2) is 56.3 Å². The number of amides is 1. The van der Waals surface area contributed by atoms with Crippen LogP contribution in [0.25, 0.3) is 0 Å². The lowest BCUT2D eigenvalue weighted by Gasteiger charge is -2.34. The van der Waals surface area contributed by atoms with Gasteiger partial charge in [-0.15, -0.1) is 0 Å². The van der Waals surface area contributed by atoms with Crippen molar-refractivity contribution in [2.24, 2.45) is 0 Å². The molecule has 0 radical (unpaired) electrons. The number of hydrogen-bond acceptors (Lipinski definition) is 4. The van der Waals surface area contributed by atoms with Crippen molar-refractivity contribution >= 4 is 27.5 Å². The fraction of sp³-hybridized carbons (Fsp3) is 0.350. The number of aryl methyl sites for hydroxylation is 2. The standard InChI is InChI=1S/C20H23ClN2O4S/c1-15-11-16(2)13-17(12-15)27-14-20(24)22-7-9-23(10-8-22)28(25,26)19-6-4-3-5-18(19)21/h3-6,11-13H,7-10,14H2,1-2H3. The number of carbonyl (C=O) groups excluding carboxylic acids is 1. The predicted octanol–water partition coefficient (Wildman–Crippen LogP) is 2.87. The van der Waals surface area contributed by atoms with Crippen molar-refractivity contribution in [1.29, 1.82) is 0 Å². The molecule has 1 heterocycles.